The van der Waals surface area contributed by atoms with E-state index in [0.717, 1.165) is 18.4 Å². The van der Waals surface area contributed by atoms with Crippen LogP contribution in [0, 0.1) is 6.92 Å². The number of rotatable bonds is 7. The Balaban J connectivity index is 2.30. The van der Waals surface area contributed by atoms with Gasteiger partial charge < -0.3 is 0 Å². The van der Waals surface area contributed by atoms with Crippen LogP contribution >= 0.6 is 0 Å². The van der Waals surface area contributed by atoms with Gasteiger partial charge in [-0.05, 0) is 31.0 Å². The molecule has 0 aromatic carbocycles. The molecule has 0 bridgehead atoms. The molecular weight excluding hydrogens is 198 g/mol. The van der Waals surface area contributed by atoms with Crippen LogP contribution in [0.2, 0.25) is 0 Å². The fourth-order valence-electron chi connectivity index (χ4n) is 1.71. The van der Waals surface area contributed by atoms with Gasteiger partial charge in [-0.1, -0.05) is 32.6 Å². The molecule has 0 radical (unpaired) electrons. The molecule has 0 spiro atoms. The lowest BCUT2D eigenvalue weighted by Crippen LogP contribution is -2.02. The highest BCUT2D eigenvalue weighted by atomic mass is 16.1. The van der Waals surface area contributed by atoms with Crippen LogP contribution in [0.1, 0.15) is 61.5 Å². The normalized spacial score (nSPS) is 10.4. The SMILES string of the molecule is CCCCCCCC(=O)c1cc(C)ccn1. The molecule has 2 heteroatoms. The number of ketones is 1. The smallest absolute Gasteiger partial charge is 0.181 e. The zero-order valence-electron chi connectivity index (χ0n) is 10.3. The Morgan fingerprint density at radius 2 is 2.00 bits per heavy atom. The number of carbonyl (C=O) groups is 1. The van der Waals surface area contributed by atoms with E-state index in [1.807, 2.05) is 19.1 Å². The summed E-state index contributed by atoms with van der Waals surface area (Å²) >= 11 is 0. The lowest BCUT2D eigenvalue weighted by atomic mass is 10.1. The van der Waals surface area contributed by atoms with Gasteiger partial charge in [0.2, 0.25) is 0 Å². The standard InChI is InChI=1S/C14H21NO/c1-3-4-5-6-7-8-14(16)13-11-12(2)9-10-15-13/h9-11H,3-8H2,1-2H3. The molecule has 16 heavy (non-hydrogen) atoms. The number of unbranched alkanes of at least 4 members (excludes halogenated alkanes) is 4. The predicted octanol–water partition coefficient (Wildman–Crippen LogP) is 3.93. The van der Waals surface area contributed by atoms with Crippen LogP contribution in [0.3, 0.4) is 0 Å². The highest BCUT2D eigenvalue weighted by Crippen LogP contribution is 2.09. The molecule has 0 aliphatic rings. The Kier molecular flexibility index (Phi) is 5.76. The first-order valence-electron chi connectivity index (χ1n) is 6.20. The van der Waals surface area contributed by atoms with Gasteiger partial charge >= 0.3 is 0 Å². The van der Waals surface area contributed by atoms with Crippen molar-refractivity contribution in [2.24, 2.45) is 0 Å². The fraction of sp³-hybridized carbons (Fsp3) is 0.571. The second kappa shape index (κ2) is 7.15. The second-order valence-corrected chi connectivity index (χ2v) is 4.31. The van der Waals surface area contributed by atoms with Gasteiger partial charge in [0.15, 0.2) is 5.78 Å². The van der Waals surface area contributed by atoms with Crippen LogP contribution in [0.5, 0.6) is 0 Å². The summed E-state index contributed by atoms with van der Waals surface area (Å²) in [5, 5.41) is 0. The minimum atomic E-state index is 0.181. The molecule has 0 amide bonds. The van der Waals surface area contributed by atoms with Gasteiger partial charge in [-0.2, -0.15) is 0 Å². The number of nitrogens with zero attached hydrogens (tertiary/aromatic N) is 1. The first kappa shape index (κ1) is 12.9. The Bertz CT molecular complexity index is 333. The summed E-state index contributed by atoms with van der Waals surface area (Å²) < 4.78 is 0. The summed E-state index contributed by atoms with van der Waals surface area (Å²) in [5.74, 6) is 0.181. The Labute approximate surface area is 98.1 Å². The van der Waals surface area contributed by atoms with Crippen molar-refractivity contribution >= 4 is 5.78 Å². The minimum Gasteiger partial charge on any atom is -0.292 e. The fourth-order valence-corrected chi connectivity index (χ4v) is 1.71. The molecule has 1 aromatic heterocycles. The van der Waals surface area contributed by atoms with E-state index in [2.05, 4.69) is 11.9 Å². The molecule has 0 atom stereocenters. The maximum absolute atomic E-state index is 11.8. The Morgan fingerprint density at radius 1 is 1.25 bits per heavy atom. The number of Topliss-reactive ketones (excluding diaryl/α,β-unsaturated/α-hetero) is 1. The summed E-state index contributed by atoms with van der Waals surface area (Å²) in [7, 11) is 0. The Hall–Kier alpha value is -1.18. The van der Waals surface area contributed by atoms with Gasteiger partial charge in [0.25, 0.3) is 0 Å². The van der Waals surface area contributed by atoms with Crippen molar-refractivity contribution < 1.29 is 4.79 Å². The van der Waals surface area contributed by atoms with Gasteiger partial charge in [-0.15, -0.1) is 0 Å². The van der Waals surface area contributed by atoms with Crippen molar-refractivity contribution in [2.45, 2.75) is 52.4 Å². The number of aromatic nitrogens is 1. The molecule has 0 aliphatic carbocycles. The van der Waals surface area contributed by atoms with Gasteiger partial charge in [0.05, 0.1) is 0 Å². The average Bonchev–Trinajstić information content (AvgIpc) is 2.28. The quantitative estimate of drug-likeness (QED) is 0.513. The third-order valence-corrected chi connectivity index (χ3v) is 2.71. The van der Waals surface area contributed by atoms with Crippen molar-refractivity contribution in [3.8, 4) is 0 Å². The van der Waals surface area contributed by atoms with E-state index in [9.17, 15) is 4.79 Å². The van der Waals surface area contributed by atoms with Crippen molar-refractivity contribution in [1.29, 1.82) is 0 Å². The van der Waals surface area contributed by atoms with Crippen LogP contribution in [0.15, 0.2) is 18.3 Å². The van der Waals surface area contributed by atoms with Crippen LogP contribution in [0.25, 0.3) is 0 Å². The maximum Gasteiger partial charge on any atom is 0.181 e. The lowest BCUT2D eigenvalue weighted by Gasteiger charge is -2.01. The van der Waals surface area contributed by atoms with Gasteiger partial charge in [0.1, 0.15) is 5.69 Å². The summed E-state index contributed by atoms with van der Waals surface area (Å²) in [6.45, 7) is 4.18. The minimum absolute atomic E-state index is 0.181. The van der Waals surface area contributed by atoms with Crippen molar-refractivity contribution in [2.75, 3.05) is 0 Å². The number of aryl methyl sites for hydroxylation is 1. The number of hydrogen-bond acceptors (Lipinski definition) is 2. The molecule has 0 unspecified atom stereocenters. The molecule has 88 valence electrons. The summed E-state index contributed by atoms with van der Waals surface area (Å²) in [4.78, 5) is 15.9. The number of pyridine rings is 1. The maximum atomic E-state index is 11.8. The molecule has 2 nitrogen and oxygen atoms in total. The van der Waals surface area contributed by atoms with E-state index in [0.29, 0.717) is 12.1 Å². The zero-order chi connectivity index (χ0) is 11.8. The van der Waals surface area contributed by atoms with Crippen LogP contribution < -0.4 is 0 Å². The van der Waals surface area contributed by atoms with E-state index >= 15 is 0 Å². The molecule has 0 aliphatic heterocycles. The van der Waals surface area contributed by atoms with Crippen LogP contribution in [-0.2, 0) is 0 Å². The third kappa shape index (κ3) is 4.56. The van der Waals surface area contributed by atoms with E-state index in [-0.39, 0.29) is 5.78 Å². The molecule has 1 aromatic rings. The third-order valence-electron chi connectivity index (χ3n) is 2.71. The molecule has 1 heterocycles. The van der Waals surface area contributed by atoms with E-state index < -0.39 is 0 Å². The highest BCUT2D eigenvalue weighted by molar-refractivity contribution is 5.94. The van der Waals surface area contributed by atoms with Gasteiger partial charge in [-0.25, -0.2) is 0 Å². The van der Waals surface area contributed by atoms with E-state index in [1.54, 1.807) is 6.20 Å². The van der Waals surface area contributed by atoms with E-state index in [4.69, 9.17) is 0 Å². The summed E-state index contributed by atoms with van der Waals surface area (Å²) in [6.07, 6.45) is 8.26. The van der Waals surface area contributed by atoms with Gasteiger partial charge in [0, 0.05) is 12.6 Å². The molecule has 0 saturated heterocycles. The molecule has 0 N–H and O–H groups in total. The average molecular weight is 219 g/mol. The summed E-state index contributed by atoms with van der Waals surface area (Å²) in [5.41, 5.74) is 1.72. The molecular formula is C14H21NO. The molecule has 0 fully saturated rings. The largest absolute Gasteiger partial charge is 0.292 e. The number of carbonyl (C=O) groups excluding carboxylic acids is 1. The van der Waals surface area contributed by atoms with Crippen LogP contribution in [-0.4, -0.2) is 10.8 Å². The summed E-state index contributed by atoms with van der Waals surface area (Å²) in [6, 6.07) is 3.78. The highest BCUT2D eigenvalue weighted by Gasteiger charge is 2.06. The monoisotopic (exact) mass is 219 g/mol. The molecule has 0 saturated carbocycles. The first-order chi connectivity index (χ1) is 7.74. The van der Waals surface area contributed by atoms with Gasteiger partial charge in [-0.3, -0.25) is 9.78 Å². The Morgan fingerprint density at radius 3 is 2.69 bits per heavy atom. The molecule has 1 rings (SSSR count). The second-order valence-electron chi connectivity index (χ2n) is 4.31. The van der Waals surface area contributed by atoms with Crippen molar-refractivity contribution in [1.82, 2.24) is 4.98 Å². The van der Waals surface area contributed by atoms with E-state index in [1.165, 1.54) is 19.3 Å². The zero-order valence-corrected chi connectivity index (χ0v) is 10.3. The van der Waals surface area contributed by atoms with Crippen molar-refractivity contribution in [3.05, 3.63) is 29.6 Å². The number of hydrogen-bond donors (Lipinski definition) is 0. The first-order valence-corrected chi connectivity index (χ1v) is 6.20. The lowest BCUT2D eigenvalue weighted by molar-refractivity contribution is 0.0974. The topological polar surface area (TPSA) is 30.0 Å². The van der Waals surface area contributed by atoms with Crippen LogP contribution in [0.4, 0.5) is 0 Å². The van der Waals surface area contributed by atoms with Crippen molar-refractivity contribution in [3.63, 3.8) is 0 Å². The predicted molar refractivity (Wildman–Crippen MR) is 66.7 cm³/mol.